The highest BCUT2D eigenvalue weighted by Crippen LogP contribution is 2.35. The van der Waals surface area contributed by atoms with Crippen LogP contribution in [0.2, 0.25) is 5.02 Å². The summed E-state index contributed by atoms with van der Waals surface area (Å²) in [6.07, 6.45) is 1.97. The first-order valence-electron chi connectivity index (χ1n) is 9.63. The van der Waals surface area contributed by atoms with Crippen molar-refractivity contribution in [3.8, 4) is 11.3 Å². The molecule has 5 N–H and O–H groups in total. The number of nitrogens with zero attached hydrogens (tertiary/aromatic N) is 2. The maximum atomic E-state index is 14.8. The van der Waals surface area contributed by atoms with Gasteiger partial charge in [0.1, 0.15) is 5.65 Å². The Hall–Kier alpha value is -2.26. The van der Waals surface area contributed by atoms with E-state index in [2.05, 4.69) is 9.97 Å². The van der Waals surface area contributed by atoms with Gasteiger partial charge in [-0.2, -0.15) is 4.98 Å². The van der Waals surface area contributed by atoms with Crippen molar-refractivity contribution in [2.75, 3.05) is 0 Å². The van der Waals surface area contributed by atoms with Crippen LogP contribution in [0.25, 0.3) is 22.3 Å². The van der Waals surface area contributed by atoms with E-state index in [4.69, 9.17) is 17.3 Å². The van der Waals surface area contributed by atoms with Gasteiger partial charge in [0, 0.05) is 40.7 Å². The Morgan fingerprint density at radius 3 is 2.57 bits per heavy atom. The Labute approximate surface area is 178 Å². The quantitative estimate of drug-likeness (QED) is 0.458. The van der Waals surface area contributed by atoms with Crippen LogP contribution in [0.3, 0.4) is 0 Å². The lowest BCUT2D eigenvalue weighted by Gasteiger charge is -2.24. The first kappa shape index (κ1) is 22.4. The van der Waals surface area contributed by atoms with Crippen molar-refractivity contribution in [1.82, 2.24) is 14.5 Å². The normalized spacial score (nSPS) is 13.8. The molecule has 0 amide bonds. The van der Waals surface area contributed by atoms with Gasteiger partial charge in [-0.25, -0.2) is 9.18 Å². The van der Waals surface area contributed by atoms with E-state index in [0.717, 1.165) is 0 Å². The molecule has 1 atom stereocenters. The van der Waals surface area contributed by atoms with Crippen LogP contribution in [-0.4, -0.2) is 30.8 Å². The molecule has 1 aromatic carbocycles. The van der Waals surface area contributed by atoms with Crippen molar-refractivity contribution in [3.05, 3.63) is 51.3 Å². The molecule has 2 heterocycles. The summed E-state index contributed by atoms with van der Waals surface area (Å²) in [7, 11) is 0. The molecule has 162 valence electrons. The van der Waals surface area contributed by atoms with Crippen LogP contribution in [0.5, 0.6) is 0 Å². The van der Waals surface area contributed by atoms with Crippen molar-refractivity contribution < 1.29 is 14.6 Å². The lowest BCUT2D eigenvalue weighted by molar-refractivity contribution is -0.175. The molecule has 0 saturated carbocycles. The Bertz CT molecular complexity index is 1150. The summed E-state index contributed by atoms with van der Waals surface area (Å²) in [6.45, 7) is 7.39. The van der Waals surface area contributed by atoms with Gasteiger partial charge in [0.25, 0.3) is 0 Å². The topological polar surface area (TPSA) is 117 Å². The van der Waals surface area contributed by atoms with Crippen molar-refractivity contribution in [2.24, 2.45) is 5.73 Å². The summed E-state index contributed by atoms with van der Waals surface area (Å²) in [5, 5.41) is 21.3. The van der Waals surface area contributed by atoms with E-state index < -0.39 is 22.8 Å². The molecule has 3 rings (SSSR count). The predicted molar refractivity (Wildman–Crippen MR) is 115 cm³/mol. The summed E-state index contributed by atoms with van der Waals surface area (Å²) in [5.41, 5.74) is 5.49. The lowest BCUT2D eigenvalue weighted by Crippen LogP contribution is -2.34. The van der Waals surface area contributed by atoms with Crippen molar-refractivity contribution in [1.29, 1.82) is 0 Å². The fraction of sp³-hybridized carbons (Fsp3) is 0.429. The van der Waals surface area contributed by atoms with Crippen molar-refractivity contribution in [2.45, 2.75) is 57.9 Å². The van der Waals surface area contributed by atoms with E-state index in [-0.39, 0.29) is 28.6 Å². The number of fused-ring (bicyclic) bond motifs is 1. The van der Waals surface area contributed by atoms with Gasteiger partial charge in [-0.3, -0.25) is 4.57 Å². The molecular weight excluding hydrogens is 411 g/mol. The molecule has 0 unspecified atom stereocenters. The SMILES string of the molecule is C[C@H](N)CCC(O)(O)c1cc(Cl)c(F)c(-c2cc3cn(C(C)(C)C)c(=O)nc3[nH]2)c1. The molecule has 0 aliphatic heterocycles. The zero-order chi connectivity index (χ0) is 22.4. The van der Waals surface area contributed by atoms with Crippen LogP contribution in [0, 0.1) is 5.82 Å². The van der Waals surface area contributed by atoms with E-state index in [1.807, 2.05) is 20.8 Å². The van der Waals surface area contributed by atoms with Crippen molar-refractivity contribution >= 4 is 22.6 Å². The van der Waals surface area contributed by atoms with Gasteiger partial charge in [0.15, 0.2) is 11.6 Å². The molecular formula is C21H26ClFN4O3. The first-order valence-corrected chi connectivity index (χ1v) is 10.0. The summed E-state index contributed by atoms with van der Waals surface area (Å²) in [6, 6.07) is 3.92. The van der Waals surface area contributed by atoms with Gasteiger partial charge >= 0.3 is 5.69 Å². The highest BCUT2D eigenvalue weighted by Gasteiger charge is 2.29. The van der Waals surface area contributed by atoms with Gasteiger partial charge < -0.3 is 20.9 Å². The zero-order valence-corrected chi connectivity index (χ0v) is 18.1. The number of hydrogen-bond acceptors (Lipinski definition) is 5. The van der Waals surface area contributed by atoms with E-state index >= 15 is 0 Å². The van der Waals surface area contributed by atoms with E-state index in [0.29, 0.717) is 23.1 Å². The van der Waals surface area contributed by atoms with Gasteiger partial charge in [-0.05, 0) is 52.3 Å². The van der Waals surface area contributed by atoms with Crippen molar-refractivity contribution in [3.63, 3.8) is 0 Å². The van der Waals surface area contributed by atoms with Gasteiger partial charge in [-0.1, -0.05) is 11.6 Å². The molecule has 0 aliphatic carbocycles. The Morgan fingerprint density at radius 2 is 1.97 bits per heavy atom. The molecule has 2 aromatic heterocycles. The van der Waals surface area contributed by atoms with Crippen LogP contribution in [-0.2, 0) is 11.3 Å². The Balaban J connectivity index is 2.12. The number of H-pyrrole nitrogens is 1. The largest absolute Gasteiger partial charge is 0.362 e. The predicted octanol–water partition coefficient (Wildman–Crippen LogP) is 3.20. The van der Waals surface area contributed by atoms with Gasteiger partial charge in [-0.15, -0.1) is 0 Å². The first-order chi connectivity index (χ1) is 13.8. The number of aliphatic hydroxyl groups is 2. The number of aromatic amines is 1. The number of hydrogen-bond donors (Lipinski definition) is 4. The molecule has 0 spiro atoms. The van der Waals surface area contributed by atoms with Crippen LogP contribution in [0.1, 0.15) is 46.1 Å². The molecule has 0 saturated heterocycles. The summed E-state index contributed by atoms with van der Waals surface area (Å²) in [5.74, 6) is -2.94. The van der Waals surface area contributed by atoms with E-state index in [9.17, 15) is 19.4 Å². The monoisotopic (exact) mass is 436 g/mol. The fourth-order valence-corrected chi connectivity index (χ4v) is 3.43. The second-order valence-corrected chi connectivity index (χ2v) is 9.11. The smallest absolute Gasteiger partial charge is 0.350 e. The minimum absolute atomic E-state index is 0.0363. The molecule has 0 aliphatic rings. The Kier molecular flexibility index (Phi) is 5.81. The summed E-state index contributed by atoms with van der Waals surface area (Å²) in [4.78, 5) is 19.3. The number of nitrogens with one attached hydrogen (secondary N) is 1. The summed E-state index contributed by atoms with van der Waals surface area (Å²) < 4.78 is 16.3. The Morgan fingerprint density at radius 1 is 1.30 bits per heavy atom. The van der Waals surface area contributed by atoms with Crippen LogP contribution in [0.4, 0.5) is 4.39 Å². The number of rotatable bonds is 5. The van der Waals surface area contributed by atoms with Gasteiger partial charge in [0.05, 0.1) is 10.7 Å². The molecule has 0 radical (unpaired) electrons. The number of nitrogens with two attached hydrogens (primary N) is 1. The second kappa shape index (κ2) is 7.77. The number of aromatic nitrogens is 3. The fourth-order valence-electron chi connectivity index (χ4n) is 3.21. The zero-order valence-electron chi connectivity index (χ0n) is 17.3. The van der Waals surface area contributed by atoms with Crippen LogP contribution < -0.4 is 11.4 Å². The lowest BCUT2D eigenvalue weighted by atomic mass is 9.96. The molecule has 9 heteroatoms. The molecule has 0 bridgehead atoms. The average Bonchev–Trinajstić information content (AvgIpc) is 3.03. The standard InChI is InChI=1S/C21H26ClFN4O3/c1-11(24)5-6-21(29,30)13-8-14(17(23)15(22)9-13)16-7-12-10-27(20(2,3)4)19(28)26-18(12)25-16/h7-11,29-30H,5-6,24H2,1-4H3,(H,25,26,28)/t11-/m0/s1. The highest BCUT2D eigenvalue weighted by atomic mass is 35.5. The third kappa shape index (κ3) is 4.41. The molecule has 7 nitrogen and oxygen atoms in total. The van der Waals surface area contributed by atoms with E-state index in [1.165, 1.54) is 16.7 Å². The highest BCUT2D eigenvalue weighted by molar-refractivity contribution is 6.31. The van der Waals surface area contributed by atoms with E-state index in [1.54, 1.807) is 19.2 Å². The second-order valence-electron chi connectivity index (χ2n) is 8.70. The molecule has 0 fully saturated rings. The average molecular weight is 437 g/mol. The third-order valence-corrected chi connectivity index (χ3v) is 5.23. The maximum absolute atomic E-state index is 14.8. The van der Waals surface area contributed by atoms with Crippen LogP contribution in [0.15, 0.2) is 29.2 Å². The van der Waals surface area contributed by atoms with Crippen LogP contribution >= 0.6 is 11.6 Å². The maximum Gasteiger partial charge on any atom is 0.350 e. The minimum atomic E-state index is -2.22. The number of halogens is 2. The minimum Gasteiger partial charge on any atom is -0.362 e. The summed E-state index contributed by atoms with van der Waals surface area (Å²) >= 11 is 6.04. The third-order valence-electron chi connectivity index (χ3n) is 4.96. The number of benzene rings is 1. The van der Waals surface area contributed by atoms with Gasteiger partial charge in [0.2, 0.25) is 0 Å². The molecule has 3 aromatic rings. The molecule has 30 heavy (non-hydrogen) atoms.